The summed E-state index contributed by atoms with van der Waals surface area (Å²) in [6.07, 6.45) is 6.72. The second kappa shape index (κ2) is 12.0. The summed E-state index contributed by atoms with van der Waals surface area (Å²) in [5.41, 5.74) is 0. The minimum atomic E-state index is 1.15. The van der Waals surface area contributed by atoms with Gasteiger partial charge in [-0.2, -0.15) is 0 Å². The molecule has 0 aliphatic heterocycles. The van der Waals surface area contributed by atoms with Crippen LogP contribution in [0.4, 0.5) is 0 Å². The van der Waals surface area contributed by atoms with E-state index in [-0.39, 0.29) is 0 Å². The number of hydrogen-bond acceptors (Lipinski definition) is 2. The van der Waals surface area contributed by atoms with Crippen LogP contribution in [0.2, 0.25) is 0 Å². The van der Waals surface area contributed by atoms with E-state index >= 15 is 0 Å². The normalized spacial score (nSPS) is 11.2. The molecule has 0 spiro atoms. The van der Waals surface area contributed by atoms with Gasteiger partial charge in [0.05, 0.1) is 0 Å². The highest BCUT2D eigenvalue weighted by Crippen LogP contribution is 1.96. The van der Waals surface area contributed by atoms with Crippen LogP contribution in [-0.4, -0.2) is 37.6 Å². The van der Waals surface area contributed by atoms with Crippen LogP contribution < -0.4 is 5.32 Å². The highest BCUT2D eigenvalue weighted by atomic mass is 15.1. The van der Waals surface area contributed by atoms with Crippen molar-refractivity contribution in [3.05, 3.63) is 0 Å². The Balaban J connectivity index is 3.14. The molecule has 0 aromatic carbocycles. The van der Waals surface area contributed by atoms with Crippen molar-refractivity contribution in [2.24, 2.45) is 0 Å². The number of unbranched alkanes of at least 4 members (excludes halogenated alkanes) is 3. The van der Waals surface area contributed by atoms with E-state index < -0.39 is 0 Å². The van der Waals surface area contributed by atoms with Crippen molar-refractivity contribution in [2.75, 3.05) is 32.7 Å². The molecule has 0 radical (unpaired) electrons. The predicted octanol–water partition coefficient (Wildman–Crippen LogP) is 2.89. The van der Waals surface area contributed by atoms with Crippen LogP contribution in [0.1, 0.15) is 52.9 Å². The van der Waals surface area contributed by atoms with Crippen molar-refractivity contribution in [3.63, 3.8) is 0 Å². The molecular weight excluding hydrogens is 184 g/mol. The summed E-state index contributed by atoms with van der Waals surface area (Å²) in [5.74, 6) is 0. The average molecular weight is 214 g/mol. The van der Waals surface area contributed by atoms with Crippen molar-refractivity contribution >= 4 is 0 Å². The van der Waals surface area contributed by atoms with Gasteiger partial charge in [0.1, 0.15) is 0 Å². The van der Waals surface area contributed by atoms with Crippen LogP contribution in [0, 0.1) is 0 Å². The molecule has 0 amide bonds. The van der Waals surface area contributed by atoms with Crippen LogP contribution in [0.25, 0.3) is 0 Å². The average Bonchev–Trinajstić information content (AvgIpc) is 2.26. The van der Waals surface area contributed by atoms with Gasteiger partial charge in [-0.25, -0.2) is 0 Å². The van der Waals surface area contributed by atoms with E-state index in [1.54, 1.807) is 0 Å². The lowest BCUT2D eigenvalue weighted by molar-refractivity contribution is 0.287. The third kappa shape index (κ3) is 10.2. The first kappa shape index (κ1) is 14.9. The predicted molar refractivity (Wildman–Crippen MR) is 69.4 cm³/mol. The molecule has 2 nitrogen and oxygen atoms in total. The van der Waals surface area contributed by atoms with Crippen molar-refractivity contribution < 1.29 is 0 Å². The molecule has 0 saturated carbocycles. The zero-order valence-electron chi connectivity index (χ0n) is 11.0. The molecule has 0 saturated heterocycles. The molecule has 0 aliphatic carbocycles. The first-order chi connectivity index (χ1) is 7.35. The lowest BCUT2D eigenvalue weighted by Crippen LogP contribution is -2.32. The SMILES string of the molecule is CCCCCCNCCN(CC)CCC. The van der Waals surface area contributed by atoms with Gasteiger partial charge in [0.2, 0.25) is 0 Å². The molecule has 1 N–H and O–H groups in total. The van der Waals surface area contributed by atoms with Crippen LogP contribution in [0.15, 0.2) is 0 Å². The molecular formula is C13H30N2. The van der Waals surface area contributed by atoms with Gasteiger partial charge in [-0.15, -0.1) is 0 Å². The quantitative estimate of drug-likeness (QED) is 0.532. The Hall–Kier alpha value is -0.0800. The standard InChI is InChI=1S/C13H30N2/c1-4-7-8-9-10-14-11-13-15(6-3)12-5-2/h14H,4-13H2,1-3H3. The molecule has 0 aromatic rings. The fourth-order valence-electron chi connectivity index (χ4n) is 1.78. The van der Waals surface area contributed by atoms with E-state index in [0.29, 0.717) is 0 Å². The smallest absolute Gasteiger partial charge is 0.0107 e. The summed E-state index contributed by atoms with van der Waals surface area (Å²) >= 11 is 0. The fourth-order valence-corrected chi connectivity index (χ4v) is 1.78. The maximum Gasteiger partial charge on any atom is 0.0107 e. The summed E-state index contributed by atoms with van der Waals surface area (Å²) in [7, 11) is 0. The minimum Gasteiger partial charge on any atom is -0.315 e. The number of nitrogens with one attached hydrogen (secondary N) is 1. The fraction of sp³-hybridized carbons (Fsp3) is 1.00. The van der Waals surface area contributed by atoms with Crippen molar-refractivity contribution in [1.29, 1.82) is 0 Å². The van der Waals surface area contributed by atoms with Gasteiger partial charge in [-0.05, 0) is 32.5 Å². The van der Waals surface area contributed by atoms with Crippen molar-refractivity contribution in [1.82, 2.24) is 10.2 Å². The van der Waals surface area contributed by atoms with Crippen LogP contribution >= 0.6 is 0 Å². The Morgan fingerprint density at radius 2 is 1.60 bits per heavy atom. The molecule has 0 aromatic heterocycles. The van der Waals surface area contributed by atoms with Crippen LogP contribution in [0.5, 0.6) is 0 Å². The van der Waals surface area contributed by atoms with E-state index in [1.807, 2.05) is 0 Å². The Morgan fingerprint density at radius 1 is 0.800 bits per heavy atom. The number of likely N-dealkylation sites (N-methyl/N-ethyl adjacent to an activating group) is 1. The lowest BCUT2D eigenvalue weighted by Gasteiger charge is -2.19. The second-order valence-corrected chi connectivity index (χ2v) is 4.24. The molecule has 0 bridgehead atoms. The summed E-state index contributed by atoms with van der Waals surface area (Å²) in [4.78, 5) is 2.51. The van der Waals surface area contributed by atoms with Gasteiger partial charge in [-0.1, -0.05) is 40.0 Å². The summed E-state index contributed by atoms with van der Waals surface area (Å²) in [6.45, 7) is 12.7. The maximum atomic E-state index is 3.53. The van der Waals surface area contributed by atoms with E-state index in [4.69, 9.17) is 0 Å². The van der Waals surface area contributed by atoms with Crippen LogP contribution in [0.3, 0.4) is 0 Å². The monoisotopic (exact) mass is 214 g/mol. The molecule has 0 fully saturated rings. The number of hydrogen-bond donors (Lipinski definition) is 1. The van der Waals surface area contributed by atoms with E-state index in [9.17, 15) is 0 Å². The van der Waals surface area contributed by atoms with Gasteiger partial charge in [0.25, 0.3) is 0 Å². The van der Waals surface area contributed by atoms with Crippen LogP contribution in [-0.2, 0) is 0 Å². The molecule has 0 atom stereocenters. The molecule has 0 rings (SSSR count). The molecule has 2 heteroatoms. The first-order valence-corrected chi connectivity index (χ1v) is 6.78. The Labute approximate surface area is 96.4 Å². The number of rotatable bonds is 11. The third-order valence-electron chi connectivity index (χ3n) is 2.80. The van der Waals surface area contributed by atoms with Crippen molar-refractivity contribution in [2.45, 2.75) is 52.9 Å². The summed E-state index contributed by atoms with van der Waals surface area (Å²) in [6, 6.07) is 0. The Bertz CT molecular complexity index is 115. The molecule has 15 heavy (non-hydrogen) atoms. The number of nitrogens with zero attached hydrogens (tertiary/aromatic N) is 1. The zero-order chi connectivity index (χ0) is 11.4. The lowest BCUT2D eigenvalue weighted by atomic mass is 10.2. The van der Waals surface area contributed by atoms with E-state index in [2.05, 4.69) is 31.0 Å². The van der Waals surface area contributed by atoms with Crippen molar-refractivity contribution in [3.8, 4) is 0 Å². The van der Waals surface area contributed by atoms with E-state index in [0.717, 1.165) is 6.54 Å². The summed E-state index contributed by atoms with van der Waals surface area (Å²) < 4.78 is 0. The molecule has 0 aliphatic rings. The minimum absolute atomic E-state index is 1.15. The van der Waals surface area contributed by atoms with Gasteiger partial charge >= 0.3 is 0 Å². The Kier molecular flexibility index (Phi) is 11.9. The first-order valence-electron chi connectivity index (χ1n) is 6.78. The van der Waals surface area contributed by atoms with Gasteiger partial charge in [0, 0.05) is 13.1 Å². The van der Waals surface area contributed by atoms with Gasteiger partial charge in [-0.3, -0.25) is 0 Å². The molecule has 0 heterocycles. The Morgan fingerprint density at radius 3 is 2.20 bits per heavy atom. The highest BCUT2D eigenvalue weighted by Gasteiger charge is 1.98. The third-order valence-corrected chi connectivity index (χ3v) is 2.80. The molecule has 92 valence electrons. The highest BCUT2D eigenvalue weighted by molar-refractivity contribution is 4.57. The summed E-state index contributed by atoms with van der Waals surface area (Å²) in [5, 5.41) is 3.53. The maximum absolute atomic E-state index is 3.53. The zero-order valence-corrected chi connectivity index (χ0v) is 11.0. The van der Waals surface area contributed by atoms with Gasteiger partial charge in [0.15, 0.2) is 0 Å². The van der Waals surface area contributed by atoms with E-state index in [1.165, 1.54) is 58.3 Å². The topological polar surface area (TPSA) is 15.3 Å². The second-order valence-electron chi connectivity index (χ2n) is 4.24. The largest absolute Gasteiger partial charge is 0.315 e. The van der Waals surface area contributed by atoms with Gasteiger partial charge < -0.3 is 10.2 Å². The molecule has 0 unspecified atom stereocenters.